The highest BCUT2D eigenvalue weighted by Gasteiger charge is 2.25. The Balaban J connectivity index is 1.54. The molecule has 112 valence electrons. The SMILES string of the molecule is O=C(Nc1nc2c(s1)CCCC2)NC1C=CC(C(=O)O)C1. The van der Waals surface area contributed by atoms with Crippen LogP contribution in [-0.4, -0.2) is 28.1 Å². The number of carbonyl (C=O) groups is 2. The Morgan fingerprint density at radius 1 is 1.29 bits per heavy atom. The predicted octanol–water partition coefficient (Wildman–Crippen LogP) is 2.17. The van der Waals surface area contributed by atoms with Crippen molar-refractivity contribution in [2.45, 2.75) is 38.1 Å². The highest BCUT2D eigenvalue weighted by atomic mass is 32.1. The molecule has 3 N–H and O–H groups in total. The Morgan fingerprint density at radius 2 is 2.10 bits per heavy atom. The third kappa shape index (κ3) is 3.24. The maximum atomic E-state index is 11.9. The van der Waals surface area contributed by atoms with Crippen molar-refractivity contribution < 1.29 is 14.7 Å². The molecule has 2 atom stereocenters. The number of urea groups is 1. The summed E-state index contributed by atoms with van der Waals surface area (Å²) >= 11 is 1.53. The van der Waals surface area contributed by atoms with E-state index in [1.807, 2.05) is 0 Å². The van der Waals surface area contributed by atoms with Crippen molar-refractivity contribution in [2.75, 3.05) is 5.32 Å². The number of amides is 2. The second-order valence-corrected chi connectivity index (χ2v) is 6.45. The van der Waals surface area contributed by atoms with Crippen LogP contribution in [0.4, 0.5) is 9.93 Å². The fourth-order valence-electron chi connectivity index (χ4n) is 2.70. The average Bonchev–Trinajstić information content (AvgIpc) is 3.04. The summed E-state index contributed by atoms with van der Waals surface area (Å²) < 4.78 is 0. The molecular formula is C14H17N3O3S. The zero-order valence-electron chi connectivity index (χ0n) is 11.5. The molecular weight excluding hydrogens is 290 g/mol. The number of anilines is 1. The molecule has 3 rings (SSSR count). The number of hydrogen-bond donors (Lipinski definition) is 3. The molecule has 0 bridgehead atoms. The summed E-state index contributed by atoms with van der Waals surface area (Å²) in [5.74, 6) is -1.37. The van der Waals surface area contributed by atoms with Gasteiger partial charge in [0.2, 0.25) is 0 Å². The highest BCUT2D eigenvalue weighted by Crippen LogP contribution is 2.29. The van der Waals surface area contributed by atoms with E-state index in [0.29, 0.717) is 11.6 Å². The first kappa shape index (κ1) is 14.1. The van der Waals surface area contributed by atoms with Crippen LogP contribution in [0.1, 0.15) is 29.8 Å². The van der Waals surface area contributed by atoms with Crippen LogP contribution in [0, 0.1) is 5.92 Å². The second-order valence-electron chi connectivity index (χ2n) is 5.37. The van der Waals surface area contributed by atoms with Crippen molar-refractivity contribution in [3.05, 3.63) is 22.7 Å². The normalized spacial score (nSPS) is 23.6. The number of carboxylic acids is 1. The van der Waals surface area contributed by atoms with Gasteiger partial charge in [0.15, 0.2) is 5.13 Å². The third-order valence-electron chi connectivity index (χ3n) is 3.78. The number of aliphatic carboxylic acids is 1. The molecule has 2 amide bonds. The van der Waals surface area contributed by atoms with Gasteiger partial charge in [-0.05, 0) is 32.1 Å². The van der Waals surface area contributed by atoms with Gasteiger partial charge in [-0.15, -0.1) is 11.3 Å². The highest BCUT2D eigenvalue weighted by molar-refractivity contribution is 7.15. The summed E-state index contributed by atoms with van der Waals surface area (Å²) in [6.45, 7) is 0. The number of carbonyl (C=O) groups excluding carboxylic acids is 1. The van der Waals surface area contributed by atoms with Crippen molar-refractivity contribution >= 4 is 28.5 Å². The average molecular weight is 307 g/mol. The largest absolute Gasteiger partial charge is 0.481 e. The van der Waals surface area contributed by atoms with E-state index in [-0.39, 0.29) is 12.1 Å². The first-order valence-electron chi connectivity index (χ1n) is 7.09. The van der Waals surface area contributed by atoms with E-state index in [4.69, 9.17) is 5.11 Å². The molecule has 1 aromatic heterocycles. The van der Waals surface area contributed by atoms with Gasteiger partial charge in [-0.25, -0.2) is 9.78 Å². The number of nitrogens with one attached hydrogen (secondary N) is 2. The van der Waals surface area contributed by atoms with Gasteiger partial charge < -0.3 is 10.4 Å². The number of thiazole rings is 1. The summed E-state index contributed by atoms with van der Waals surface area (Å²) in [4.78, 5) is 28.5. The van der Waals surface area contributed by atoms with Gasteiger partial charge >= 0.3 is 12.0 Å². The number of hydrogen-bond acceptors (Lipinski definition) is 4. The van der Waals surface area contributed by atoms with Crippen LogP contribution in [0.3, 0.4) is 0 Å². The molecule has 0 aliphatic heterocycles. The zero-order valence-corrected chi connectivity index (χ0v) is 12.3. The number of nitrogens with zero attached hydrogens (tertiary/aromatic N) is 1. The van der Waals surface area contributed by atoms with E-state index in [2.05, 4.69) is 15.6 Å². The molecule has 0 aromatic carbocycles. The Hall–Kier alpha value is -1.89. The van der Waals surface area contributed by atoms with Crippen LogP contribution in [0.15, 0.2) is 12.2 Å². The predicted molar refractivity (Wildman–Crippen MR) is 79.6 cm³/mol. The fourth-order valence-corrected chi connectivity index (χ4v) is 3.74. The van der Waals surface area contributed by atoms with Crippen LogP contribution in [-0.2, 0) is 17.6 Å². The standard InChI is InChI=1S/C14H17N3O3S/c18-12(19)8-5-6-9(7-8)15-13(20)17-14-16-10-3-1-2-4-11(10)21-14/h5-6,8-9H,1-4,7H2,(H,18,19)(H2,15,16,17,20). The Kier molecular flexibility index (Phi) is 3.92. The molecule has 0 spiro atoms. The number of fused-ring (bicyclic) bond motifs is 1. The van der Waals surface area contributed by atoms with Crippen molar-refractivity contribution in [2.24, 2.45) is 5.92 Å². The van der Waals surface area contributed by atoms with E-state index in [9.17, 15) is 9.59 Å². The van der Waals surface area contributed by atoms with Gasteiger partial charge in [0, 0.05) is 4.88 Å². The molecule has 6 nitrogen and oxygen atoms in total. The molecule has 0 saturated heterocycles. The van der Waals surface area contributed by atoms with Crippen molar-refractivity contribution in [1.82, 2.24) is 10.3 Å². The van der Waals surface area contributed by atoms with E-state index in [1.54, 1.807) is 12.2 Å². The van der Waals surface area contributed by atoms with Crippen molar-refractivity contribution in [1.29, 1.82) is 0 Å². The minimum absolute atomic E-state index is 0.235. The summed E-state index contributed by atoms with van der Waals surface area (Å²) in [5, 5.41) is 15.0. The Bertz CT molecular complexity index is 573. The van der Waals surface area contributed by atoms with Crippen LogP contribution in [0.25, 0.3) is 0 Å². The number of aromatic nitrogens is 1. The van der Waals surface area contributed by atoms with Crippen molar-refractivity contribution in [3.63, 3.8) is 0 Å². The Morgan fingerprint density at radius 3 is 2.81 bits per heavy atom. The first-order valence-corrected chi connectivity index (χ1v) is 7.90. The van der Waals surface area contributed by atoms with Gasteiger partial charge in [-0.3, -0.25) is 10.1 Å². The molecule has 0 radical (unpaired) electrons. The van der Waals surface area contributed by atoms with Gasteiger partial charge in [-0.2, -0.15) is 0 Å². The maximum Gasteiger partial charge on any atom is 0.321 e. The third-order valence-corrected chi connectivity index (χ3v) is 4.86. The molecule has 0 fully saturated rings. The minimum Gasteiger partial charge on any atom is -0.481 e. The van der Waals surface area contributed by atoms with E-state index >= 15 is 0 Å². The molecule has 2 unspecified atom stereocenters. The molecule has 1 heterocycles. The molecule has 1 aromatic rings. The monoisotopic (exact) mass is 307 g/mol. The van der Waals surface area contributed by atoms with E-state index in [1.165, 1.54) is 22.6 Å². The minimum atomic E-state index is -0.858. The van der Waals surface area contributed by atoms with E-state index < -0.39 is 11.9 Å². The van der Waals surface area contributed by atoms with Gasteiger partial charge in [0.1, 0.15) is 0 Å². The first-order chi connectivity index (χ1) is 10.1. The number of carboxylic acid groups (broad SMARTS) is 1. The summed E-state index contributed by atoms with van der Waals surface area (Å²) in [6, 6.07) is -0.567. The topological polar surface area (TPSA) is 91.3 Å². The lowest BCUT2D eigenvalue weighted by atomic mass is 10.0. The molecule has 21 heavy (non-hydrogen) atoms. The van der Waals surface area contributed by atoms with Gasteiger partial charge in [0.25, 0.3) is 0 Å². The number of rotatable bonds is 3. The zero-order chi connectivity index (χ0) is 14.8. The second kappa shape index (κ2) is 5.85. The van der Waals surface area contributed by atoms with Crippen LogP contribution >= 0.6 is 11.3 Å². The maximum absolute atomic E-state index is 11.9. The van der Waals surface area contributed by atoms with Crippen LogP contribution < -0.4 is 10.6 Å². The van der Waals surface area contributed by atoms with E-state index in [0.717, 1.165) is 25.0 Å². The molecule has 2 aliphatic rings. The molecule has 2 aliphatic carbocycles. The fraction of sp³-hybridized carbons (Fsp3) is 0.500. The van der Waals surface area contributed by atoms with Crippen LogP contribution in [0.5, 0.6) is 0 Å². The molecule has 0 saturated carbocycles. The van der Waals surface area contributed by atoms with Gasteiger partial charge in [0.05, 0.1) is 17.7 Å². The number of aryl methyl sites for hydroxylation is 2. The smallest absolute Gasteiger partial charge is 0.321 e. The molecule has 7 heteroatoms. The lowest BCUT2D eigenvalue weighted by molar-refractivity contribution is -0.140. The van der Waals surface area contributed by atoms with Crippen LogP contribution in [0.2, 0.25) is 0 Å². The van der Waals surface area contributed by atoms with Crippen molar-refractivity contribution in [3.8, 4) is 0 Å². The summed E-state index contributed by atoms with van der Waals surface area (Å²) in [6.07, 6.45) is 8.12. The summed E-state index contributed by atoms with van der Waals surface area (Å²) in [5.41, 5.74) is 1.10. The lowest BCUT2D eigenvalue weighted by Gasteiger charge is -2.11. The summed E-state index contributed by atoms with van der Waals surface area (Å²) in [7, 11) is 0. The quantitative estimate of drug-likeness (QED) is 0.746. The lowest BCUT2D eigenvalue weighted by Crippen LogP contribution is -2.36. The van der Waals surface area contributed by atoms with Gasteiger partial charge in [-0.1, -0.05) is 12.2 Å². The Labute approximate surface area is 126 Å².